The van der Waals surface area contributed by atoms with Crippen LogP contribution in [-0.4, -0.2) is 18.3 Å². The molecule has 0 atom stereocenters. The van der Waals surface area contributed by atoms with Crippen LogP contribution in [0.3, 0.4) is 0 Å². The first kappa shape index (κ1) is 20.6. The van der Waals surface area contributed by atoms with Crippen LogP contribution in [0.25, 0.3) is 11.3 Å². The fourth-order valence-electron chi connectivity index (χ4n) is 2.86. The molecule has 0 aliphatic carbocycles. The minimum absolute atomic E-state index is 0.275. The summed E-state index contributed by atoms with van der Waals surface area (Å²) in [6.45, 7) is 0.302. The van der Waals surface area contributed by atoms with E-state index in [9.17, 15) is 4.39 Å². The molecule has 7 heteroatoms. The minimum Gasteiger partial charge on any atom is -0.493 e. The number of nitrogens with one attached hydrogen (secondary N) is 1. The van der Waals surface area contributed by atoms with Crippen molar-refractivity contribution in [2.75, 3.05) is 12.5 Å². The van der Waals surface area contributed by atoms with Crippen LogP contribution in [0.4, 0.5) is 9.52 Å². The number of halogens is 1. The summed E-state index contributed by atoms with van der Waals surface area (Å²) < 4.78 is 24.3. The van der Waals surface area contributed by atoms with Crippen molar-refractivity contribution in [1.82, 2.24) is 4.98 Å². The van der Waals surface area contributed by atoms with Crippen LogP contribution in [0.1, 0.15) is 11.1 Å². The number of nitrogens with zero attached hydrogens (tertiary/aromatic N) is 2. The molecular weight excluding hydrogens is 413 g/mol. The Labute approximate surface area is 183 Å². The van der Waals surface area contributed by atoms with Crippen LogP contribution >= 0.6 is 11.3 Å². The van der Waals surface area contributed by atoms with Crippen molar-refractivity contribution in [2.45, 2.75) is 6.61 Å². The normalized spacial score (nSPS) is 10.9. The van der Waals surface area contributed by atoms with E-state index < -0.39 is 0 Å². The van der Waals surface area contributed by atoms with E-state index in [1.54, 1.807) is 25.5 Å². The summed E-state index contributed by atoms with van der Waals surface area (Å²) in [5.41, 5.74) is 6.63. The summed E-state index contributed by atoms with van der Waals surface area (Å²) in [5, 5.41) is 6.97. The highest BCUT2D eigenvalue weighted by Gasteiger charge is 2.07. The standard InChI is InChI=1S/C24H20FN3O2S/c1-29-22-12-9-18(13-23(22)30-15-17-7-10-20(25)11-8-17)14-26-28-24-27-21(16-31-24)19-5-3-2-4-6-19/h2-14,16H,15H2,1H3,(H,27,28). The summed E-state index contributed by atoms with van der Waals surface area (Å²) >= 11 is 1.49. The first-order valence-electron chi connectivity index (χ1n) is 9.56. The van der Waals surface area contributed by atoms with Gasteiger partial charge in [0.25, 0.3) is 0 Å². The highest BCUT2D eigenvalue weighted by molar-refractivity contribution is 7.14. The third-order valence-electron chi connectivity index (χ3n) is 4.44. The number of thiazole rings is 1. The van der Waals surface area contributed by atoms with Crippen molar-refractivity contribution in [1.29, 1.82) is 0 Å². The third-order valence-corrected chi connectivity index (χ3v) is 5.19. The quantitative estimate of drug-likeness (QED) is 0.274. The molecule has 4 rings (SSSR count). The summed E-state index contributed by atoms with van der Waals surface area (Å²) in [6, 6.07) is 21.7. The van der Waals surface area contributed by atoms with E-state index in [1.807, 2.05) is 53.9 Å². The van der Waals surface area contributed by atoms with Gasteiger partial charge in [-0.1, -0.05) is 42.5 Å². The number of aromatic nitrogens is 1. The van der Waals surface area contributed by atoms with E-state index in [2.05, 4.69) is 15.5 Å². The van der Waals surface area contributed by atoms with Crippen LogP contribution in [0.2, 0.25) is 0 Å². The smallest absolute Gasteiger partial charge is 0.203 e. The van der Waals surface area contributed by atoms with E-state index in [4.69, 9.17) is 9.47 Å². The van der Waals surface area contributed by atoms with Gasteiger partial charge in [-0.3, -0.25) is 5.43 Å². The first-order chi connectivity index (χ1) is 15.2. The number of hydrogen-bond donors (Lipinski definition) is 1. The Morgan fingerprint density at radius 2 is 1.84 bits per heavy atom. The van der Waals surface area contributed by atoms with Gasteiger partial charge in [-0.15, -0.1) is 11.3 Å². The molecule has 0 aliphatic heterocycles. The molecule has 4 aromatic rings. The van der Waals surface area contributed by atoms with Gasteiger partial charge in [0.1, 0.15) is 12.4 Å². The van der Waals surface area contributed by atoms with Crippen molar-refractivity contribution in [3.05, 3.63) is 95.1 Å². The van der Waals surface area contributed by atoms with Crippen LogP contribution in [0.5, 0.6) is 11.5 Å². The topological polar surface area (TPSA) is 55.7 Å². The second-order valence-corrected chi connectivity index (χ2v) is 7.46. The van der Waals surface area contributed by atoms with Gasteiger partial charge in [0.15, 0.2) is 11.5 Å². The zero-order valence-corrected chi connectivity index (χ0v) is 17.6. The number of hydrogen-bond acceptors (Lipinski definition) is 6. The summed E-state index contributed by atoms with van der Waals surface area (Å²) in [6.07, 6.45) is 1.69. The number of benzene rings is 3. The van der Waals surface area contributed by atoms with Crippen LogP contribution < -0.4 is 14.9 Å². The predicted octanol–water partition coefficient (Wildman–Crippen LogP) is 5.98. The number of methoxy groups -OCH3 is 1. The average molecular weight is 434 g/mol. The lowest BCUT2D eigenvalue weighted by atomic mass is 10.2. The largest absolute Gasteiger partial charge is 0.493 e. The Balaban J connectivity index is 1.41. The fourth-order valence-corrected chi connectivity index (χ4v) is 3.53. The highest BCUT2D eigenvalue weighted by Crippen LogP contribution is 2.29. The Kier molecular flexibility index (Phi) is 6.54. The molecule has 0 bridgehead atoms. The molecule has 31 heavy (non-hydrogen) atoms. The van der Waals surface area contributed by atoms with Crippen molar-refractivity contribution in [3.8, 4) is 22.8 Å². The molecule has 0 saturated carbocycles. The average Bonchev–Trinajstić information content (AvgIpc) is 3.28. The SMILES string of the molecule is COc1ccc(C=NNc2nc(-c3ccccc3)cs2)cc1OCc1ccc(F)cc1. The lowest BCUT2D eigenvalue weighted by molar-refractivity contribution is 0.284. The minimum atomic E-state index is -0.275. The molecule has 0 amide bonds. The molecule has 3 aromatic carbocycles. The van der Waals surface area contributed by atoms with Gasteiger partial charge in [-0.2, -0.15) is 5.10 Å². The van der Waals surface area contributed by atoms with Gasteiger partial charge in [-0.05, 0) is 41.5 Å². The Morgan fingerprint density at radius 3 is 2.61 bits per heavy atom. The van der Waals surface area contributed by atoms with Gasteiger partial charge in [0, 0.05) is 10.9 Å². The molecule has 0 radical (unpaired) electrons. The Hall–Kier alpha value is -3.71. The summed E-state index contributed by atoms with van der Waals surface area (Å²) in [5.74, 6) is 0.916. The maximum absolute atomic E-state index is 13.1. The highest BCUT2D eigenvalue weighted by atomic mass is 32.1. The van der Waals surface area contributed by atoms with E-state index in [-0.39, 0.29) is 5.82 Å². The molecule has 156 valence electrons. The zero-order chi connectivity index (χ0) is 21.5. The third kappa shape index (κ3) is 5.46. The number of anilines is 1. The van der Waals surface area contributed by atoms with Crippen molar-refractivity contribution in [3.63, 3.8) is 0 Å². The molecule has 0 aliphatic rings. The molecule has 0 saturated heterocycles. The first-order valence-corrected chi connectivity index (χ1v) is 10.4. The van der Waals surface area contributed by atoms with E-state index >= 15 is 0 Å². The second-order valence-electron chi connectivity index (χ2n) is 6.60. The van der Waals surface area contributed by atoms with Gasteiger partial charge >= 0.3 is 0 Å². The number of rotatable bonds is 8. The Bertz CT molecular complexity index is 1160. The zero-order valence-electron chi connectivity index (χ0n) is 16.8. The van der Waals surface area contributed by atoms with E-state index in [0.717, 1.165) is 22.4 Å². The maximum atomic E-state index is 13.1. The van der Waals surface area contributed by atoms with Crippen molar-refractivity contribution < 1.29 is 13.9 Å². The Morgan fingerprint density at radius 1 is 1.03 bits per heavy atom. The predicted molar refractivity (Wildman–Crippen MR) is 122 cm³/mol. The molecule has 5 nitrogen and oxygen atoms in total. The molecular formula is C24H20FN3O2S. The molecule has 0 spiro atoms. The molecule has 0 unspecified atom stereocenters. The fraction of sp³-hybridized carbons (Fsp3) is 0.0833. The van der Waals surface area contributed by atoms with Gasteiger partial charge in [0.05, 0.1) is 19.0 Å². The van der Waals surface area contributed by atoms with Crippen LogP contribution in [0, 0.1) is 5.82 Å². The van der Waals surface area contributed by atoms with Gasteiger partial charge in [0.2, 0.25) is 5.13 Å². The number of hydrazone groups is 1. The number of ether oxygens (including phenoxy) is 2. The lowest BCUT2D eigenvalue weighted by Gasteiger charge is -2.11. The van der Waals surface area contributed by atoms with Crippen molar-refractivity contribution >= 4 is 22.7 Å². The van der Waals surface area contributed by atoms with E-state index in [1.165, 1.54) is 23.5 Å². The lowest BCUT2D eigenvalue weighted by Crippen LogP contribution is -1.99. The molecule has 1 aromatic heterocycles. The monoisotopic (exact) mass is 433 g/mol. The maximum Gasteiger partial charge on any atom is 0.203 e. The summed E-state index contributed by atoms with van der Waals surface area (Å²) in [4.78, 5) is 4.55. The van der Waals surface area contributed by atoms with Crippen molar-refractivity contribution in [2.24, 2.45) is 5.10 Å². The molecule has 0 fully saturated rings. The molecule has 1 N–H and O–H groups in total. The van der Waals surface area contributed by atoms with Gasteiger partial charge < -0.3 is 9.47 Å². The van der Waals surface area contributed by atoms with Crippen LogP contribution in [0.15, 0.2) is 83.3 Å². The summed E-state index contributed by atoms with van der Waals surface area (Å²) in [7, 11) is 1.59. The second kappa shape index (κ2) is 9.86. The van der Waals surface area contributed by atoms with E-state index in [0.29, 0.717) is 23.2 Å². The molecule has 1 heterocycles. The van der Waals surface area contributed by atoms with Crippen LogP contribution in [-0.2, 0) is 6.61 Å². The van der Waals surface area contributed by atoms with Gasteiger partial charge in [-0.25, -0.2) is 9.37 Å².